The number of ether oxygens (including phenoxy) is 1. The van der Waals surface area contributed by atoms with Crippen molar-refractivity contribution >= 4 is 34.4 Å². The maximum Gasteiger partial charge on any atom is 0.332 e. The number of thioether (sulfide) groups is 1. The average Bonchev–Trinajstić information content (AvgIpc) is 2.79. The second kappa shape index (κ2) is 9.70. The first-order valence-corrected chi connectivity index (χ1v) is 10.3. The van der Waals surface area contributed by atoms with Crippen molar-refractivity contribution in [1.82, 2.24) is 24.4 Å². The van der Waals surface area contributed by atoms with Crippen LogP contribution in [0.2, 0.25) is 0 Å². The summed E-state index contributed by atoms with van der Waals surface area (Å²) in [6.45, 7) is 0.683. The minimum Gasteiger partial charge on any atom is -0.383 e. The van der Waals surface area contributed by atoms with Crippen LogP contribution in [-0.4, -0.2) is 55.9 Å². The quantitative estimate of drug-likeness (QED) is 0.166. The van der Waals surface area contributed by atoms with Gasteiger partial charge in [0.15, 0.2) is 11.5 Å². The number of carbonyl (C=O) groups excluding carboxylic acids is 1. The summed E-state index contributed by atoms with van der Waals surface area (Å²) in [7, 11) is 4.31. The predicted molar refractivity (Wildman–Crippen MR) is 118 cm³/mol. The van der Waals surface area contributed by atoms with Crippen LogP contribution in [0.5, 0.6) is 0 Å². The van der Waals surface area contributed by atoms with Gasteiger partial charge < -0.3 is 10.1 Å². The first kappa shape index (κ1) is 23.1. The molecule has 13 heteroatoms. The first-order chi connectivity index (χ1) is 15.2. The number of rotatable bonds is 8. The van der Waals surface area contributed by atoms with Crippen molar-refractivity contribution < 1.29 is 14.5 Å². The van der Waals surface area contributed by atoms with E-state index in [0.717, 1.165) is 16.3 Å². The molecule has 0 saturated carbocycles. The van der Waals surface area contributed by atoms with Crippen LogP contribution < -0.4 is 16.6 Å². The number of aromatic nitrogens is 4. The van der Waals surface area contributed by atoms with Crippen LogP contribution >= 0.6 is 11.8 Å². The summed E-state index contributed by atoms with van der Waals surface area (Å²) in [6.07, 6.45) is 0. The van der Waals surface area contributed by atoms with Crippen molar-refractivity contribution in [2.24, 2.45) is 14.1 Å². The molecule has 0 aliphatic rings. The lowest BCUT2D eigenvalue weighted by atomic mass is 10.2. The summed E-state index contributed by atoms with van der Waals surface area (Å²) >= 11 is 1.01. The van der Waals surface area contributed by atoms with Crippen molar-refractivity contribution in [3.05, 3.63) is 55.2 Å². The van der Waals surface area contributed by atoms with Gasteiger partial charge in [0.2, 0.25) is 5.91 Å². The number of hydrogen-bond acceptors (Lipinski definition) is 9. The highest BCUT2D eigenvalue weighted by molar-refractivity contribution is 8.00. The van der Waals surface area contributed by atoms with E-state index in [1.165, 1.54) is 44.0 Å². The summed E-state index contributed by atoms with van der Waals surface area (Å²) in [4.78, 5) is 56.7. The van der Waals surface area contributed by atoms with Gasteiger partial charge >= 0.3 is 5.69 Å². The third kappa shape index (κ3) is 4.68. The summed E-state index contributed by atoms with van der Waals surface area (Å²) in [5.74, 6) is -0.250. The van der Waals surface area contributed by atoms with Crippen LogP contribution in [0.15, 0.2) is 38.9 Å². The molecule has 0 saturated heterocycles. The van der Waals surface area contributed by atoms with E-state index in [-0.39, 0.29) is 39.2 Å². The minimum absolute atomic E-state index is 0.0454. The maximum atomic E-state index is 12.8. The molecule has 2 aromatic heterocycles. The number of amides is 1. The van der Waals surface area contributed by atoms with Gasteiger partial charge in [0.1, 0.15) is 10.4 Å². The predicted octanol–water partition coefficient (Wildman–Crippen LogP) is 0.457. The van der Waals surface area contributed by atoms with Gasteiger partial charge in [-0.3, -0.25) is 28.8 Å². The summed E-state index contributed by atoms with van der Waals surface area (Å²) < 4.78 is 7.02. The van der Waals surface area contributed by atoms with Crippen LogP contribution in [0, 0.1) is 10.1 Å². The normalized spacial score (nSPS) is 11.0. The number of nitrogens with zero attached hydrogens (tertiary/aromatic N) is 5. The summed E-state index contributed by atoms with van der Waals surface area (Å²) in [5.41, 5.74) is -0.941. The molecular weight excluding hydrogens is 440 g/mol. The molecular formula is C19H20N6O6S. The molecule has 1 N–H and O–H groups in total. The van der Waals surface area contributed by atoms with E-state index in [1.54, 1.807) is 6.07 Å². The number of hydrogen-bond donors (Lipinski definition) is 1. The monoisotopic (exact) mass is 460 g/mol. The smallest absolute Gasteiger partial charge is 0.332 e. The second-order valence-electron chi connectivity index (χ2n) is 6.70. The van der Waals surface area contributed by atoms with Crippen LogP contribution in [0.25, 0.3) is 22.4 Å². The molecule has 168 valence electrons. The zero-order chi connectivity index (χ0) is 23.4. The maximum absolute atomic E-state index is 12.8. The van der Waals surface area contributed by atoms with Crippen molar-refractivity contribution in [2.75, 3.05) is 26.0 Å². The Morgan fingerprint density at radius 1 is 1.25 bits per heavy atom. The average molecular weight is 460 g/mol. The van der Waals surface area contributed by atoms with Gasteiger partial charge in [-0.15, -0.1) is 0 Å². The highest BCUT2D eigenvalue weighted by Crippen LogP contribution is 2.27. The van der Waals surface area contributed by atoms with E-state index >= 15 is 0 Å². The highest BCUT2D eigenvalue weighted by atomic mass is 32.2. The largest absolute Gasteiger partial charge is 0.383 e. The Hall–Kier alpha value is -3.58. The van der Waals surface area contributed by atoms with Crippen LogP contribution in [0.4, 0.5) is 5.69 Å². The fourth-order valence-electron chi connectivity index (χ4n) is 2.90. The van der Waals surface area contributed by atoms with Crippen LogP contribution in [0.1, 0.15) is 0 Å². The van der Waals surface area contributed by atoms with Crippen molar-refractivity contribution in [1.29, 1.82) is 0 Å². The van der Waals surface area contributed by atoms with E-state index in [2.05, 4.69) is 15.3 Å². The number of methoxy groups -OCH3 is 1. The fourth-order valence-corrected chi connectivity index (χ4v) is 3.74. The number of aryl methyl sites for hydroxylation is 1. The number of non-ortho nitro benzene ring substituents is 1. The third-order valence-corrected chi connectivity index (χ3v) is 5.53. The van der Waals surface area contributed by atoms with E-state index in [4.69, 9.17) is 4.74 Å². The molecule has 1 aromatic carbocycles. The van der Waals surface area contributed by atoms with Gasteiger partial charge in [-0.25, -0.2) is 14.8 Å². The zero-order valence-corrected chi connectivity index (χ0v) is 18.3. The standard InChI is InChI=1S/C19H20N6O6S/c1-23-16-14(18(27)24(2)19(23)28)17(32-10-13(26)20-7-8-31-3)22-15(21-16)11-5-4-6-12(9-11)25(29)30/h4-6,9H,7-8,10H2,1-3H3,(H,20,26). The zero-order valence-electron chi connectivity index (χ0n) is 17.5. The van der Waals surface area contributed by atoms with E-state index in [0.29, 0.717) is 18.7 Å². The molecule has 0 atom stereocenters. The van der Waals surface area contributed by atoms with E-state index in [9.17, 15) is 24.5 Å². The minimum atomic E-state index is -0.601. The topological polar surface area (TPSA) is 151 Å². The molecule has 32 heavy (non-hydrogen) atoms. The van der Waals surface area contributed by atoms with Gasteiger partial charge in [-0.1, -0.05) is 23.9 Å². The van der Waals surface area contributed by atoms with E-state index in [1.807, 2.05) is 0 Å². The molecule has 0 fully saturated rings. The number of carbonyl (C=O) groups is 1. The Labute approximate surface area is 185 Å². The number of nitrogens with one attached hydrogen (secondary N) is 1. The molecule has 0 radical (unpaired) electrons. The summed E-state index contributed by atoms with van der Waals surface area (Å²) in [6, 6.07) is 5.70. The molecule has 12 nitrogen and oxygen atoms in total. The Kier molecular flexibility index (Phi) is 7.00. The Morgan fingerprint density at radius 3 is 2.69 bits per heavy atom. The molecule has 0 spiro atoms. The molecule has 0 aliphatic heterocycles. The number of benzene rings is 1. The Bertz CT molecular complexity index is 1320. The first-order valence-electron chi connectivity index (χ1n) is 9.35. The molecule has 0 unspecified atom stereocenters. The second-order valence-corrected chi connectivity index (χ2v) is 7.66. The van der Waals surface area contributed by atoms with Crippen LogP contribution in [-0.2, 0) is 23.6 Å². The molecule has 1 amide bonds. The summed E-state index contributed by atoms with van der Waals surface area (Å²) in [5, 5.41) is 14.1. The fraction of sp³-hybridized carbons (Fsp3) is 0.316. The Balaban J connectivity index is 2.14. The number of fused-ring (bicyclic) bond motifs is 1. The van der Waals surface area contributed by atoms with Gasteiger partial charge in [0, 0.05) is 45.4 Å². The number of nitro groups is 1. The number of nitro benzene ring substituents is 1. The van der Waals surface area contributed by atoms with Crippen molar-refractivity contribution in [2.45, 2.75) is 5.03 Å². The van der Waals surface area contributed by atoms with Gasteiger partial charge in [-0.05, 0) is 0 Å². The lowest BCUT2D eigenvalue weighted by Gasteiger charge is -2.12. The van der Waals surface area contributed by atoms with Gasteiger partial charge in [-0.2, -0.15) is 0 Å². The van der Waals surface area contributed by atoms with E-state index < -0.39 is 16.2 Å². The SMILES string of the molecule is COCCNC(=O)CSc1nc(-c2cccc([N+](=O)[O-])c2)nc2c1c(=O)n(C)c(=O)n2C. The third-order valence-electron chi connectivity index (χ3n) is 4.55. The molecule has 3 aromatic rings. The highest BCUT2D eigenvalue weighted by Gasteiger charge is 2.20. The van der Waals surface area contributed by atoms with Crippen molar-refractivity contribution in [3.8, 4) is 11.4 Å². The van der Waals surface area contributed by atoms with Gasteiger partial charge in [0.25, 0.3) is 11.2 Å². The molecule has 0 bridgehead atoms. The van der Waals surface area contributed by atoms with Crippen molar-refractivity contribution in [3.63, 3.8) is 0 Å². The lowest BCUT2D eigenvalue weighted by molar-refractivity contribution is -0.384. The van der Waals surface area contributed by atoms with Gasteiger partial charge in [0.05, 0.1) is 17.3 Å². The molecule has 3 rings (SSSR count). The molecule has 2 heterocycles. The Morgan fingerprint density at radius 2 is 2.00 bits per heavy atom. The van der Waals surface area contributed by atoms with Crippen LogP contribution in [0.3, 0.4) is 0 Å². The molecule has 0 aliphatic carbocycles. The lowest BCUT2D eigenvalue weighted by Crippen LogP contribution is -2.37.